The van der Waals surface area contributed by atoms with E-state index in [0.29, 0.717) is 0 Å². The Kier molecular flexibility index (Phi) is 201. The minimum absolute atomic E-state index is 0. The second-order valence-corrected chi connectivity index (χ2v) is 0. The van der Waals surface area contributed by atoms with Gasteiger partial charge in [0.1, 0.15) is 0 Å². The summed E-state index contributed by atoms with van der Waals surface area (Å²) in [7, 11) is 0. The minimum atomic E-state index is 0. The Bertz CT molecular complexity index is 6.00. The van der Waals surface area contributed by atoms with E-state index in [1.54, 1.807) is 0 Å². The fraction of sp³-hybridized carbons (Fsp3) is 0. The van der Waals surface area contributed by atoms with Crippen LogP contribution in [0.15, 0.2) is 0 Å². The number of rotatable bonds is 0. The van der Waals surface area contributed by atoms with Crippen LogP contribution in [0, 0.1) is 38.2 Å². The van der Waals surface area contributed by atoms with Crippen molar-refractivity contribution in [1.82, 2.24) is 0 Å². The Balaban J connectivity index is 0. The molecule has 0 aromatic rings. The molecule has 0 saturated carbocycles. The molecular formula is DyO2Ti+3. The third-order valence-electron chi connectivity index (χ3n) is 0. The third kappa shape index (κ3) is 9.08. The number of hydrogen-bond donors (Lipinski definition) is 0. The standard InChI is InChI=1S/Dy.2O.Ti/q+3;2*-2;+4. The summed E-state index contributed by atoms with van der Waals surface area (Å²) >= 11 is 0. The zero-order chi connectivity index (χ0) is 0. The Morgan fingerprint density at radius 2 is 0.750 bits per heavy atom. The minimum Gasteiger partial charge on any atom is -2.00 e. The van der Waals surface area contributed by atoms with Crippen LogP contribution in [0.3, 0.4) is 0 Å². The quantitative estimate of drug-likeness (QED) is 0.527. The van der Waals surface area contributed by atoms with Crippen LogP contribution in [-0.2, 0) is 32.7 Å². The van der Waals surface area contributed by atoms with E-state index in [1.807, 2.05) is 0 Å². The van der Waals surface area contributed by atoms with Crippen molar-refractivity contribution in [2.75, 3.05) is 0 Å². The van der Waals surface area contributed by atoms with Crippen LogP contribution in [-0.4, -0.2) is 0 Å². The SMILES string of the molecule is [Dy+3].[O-2].[O-2].[Ti+4]. The molecule has 0 aromatic heterocycles. The van der Waals surface area contributed by atoms with Crippen molar-refractivity contribution >= 4 is 0 Å². The molecule has 0 aromatic carbocycles. The fourth-order valence-corrected chi connectivity index (χ4v) is 0. The second-order valence-electron chi connectivity index (χ2n) is 0. The van der Waals surface area contributed by atoms with Crippen molar-refractivity contribution in [2.45, 2.75) is 0 Å². The number of hydrogen-bond acceptors (Lipinski definition) is 0. The zero-order valence-corrected chi connectivity index (χ0v) is 5.22. The largest absolute Gasteiger partial charge is 4.00 e. The van der Waals surface area contributed by atoms with Gasteiger partial charge in [0.25, 0.3) is 0 Å². The van der Waals surface area contributed by atoms with E-state index in [-0.39, 0.29) is 70.8 Å². The van der Waals surface area contributed by atoms with Gasteiger partial charge in [-0.1, -0.05) is 0 Å². The van der Waals surface area contributed by atoms with Gasteiger partial charge < -0.3 is 11.0 Å². The molecule has 0 rings (SSSR count). The van der Waals surface area contributed by atoms with Gasteiger partial charge in [-0.2, -0.15) is 0 Å². The van der Waals surface area contributed by atoms with Crippen molar-refractivity contribution in [2.24, 2.45) is 0 Å². The van der Waals surface area contributed by atoms with E-state index >= 15 is 0 Å². The van der Waals surface area contributed by atoms with E-state index in [4.69, 9.17) is 0 Å². The van der Waals surface area contributed by atoms with E-state index in [9.17, 15) is 0 Å². The average Bonchev–Trinajstić information content (AvgIpc) is 0. The van der Waals surface area contributed by atoms with Gasteiger partial charge in [-0.25, -0.2) is 0 Å². The van der Waals surface area contributed by atoms with Crippen LogP contribution in [0.4, 0.5) is 0 Å². The molecule has 0 fully saturated rings. The maximum absolute atomic E-state index is 0. The Morgan fingerprint density at radius 1 is 0.750 bits per heavy atom. The van der Waals surface area contributed by atoms with Crippen LogP contribution in [0.2, 0.25) is 0 Å². The van der Waals surface area contributed by atoms with Gasteiger partial charge in [0.2, 0.25) is 0 Å². The van der Waals surface area contributed by atoms with Gasteiger partial charge >= 0.3 is 59.9 Å². The molecule has 4 heteroatoms. The molecule has 0 heterocycles. The van der Waals surface area contributed by atoms with Crippen molar-refractivity contribution in [1.29, 1.82) is 0 Å². The van der Waals surface area contributed by atoms with Crippen LogP contribution in [0.25, 0.3) is 0 Å². The average molecular weight is 242 g/mol. The smallest absolute Gasteiger partial charge is 2.00 e. The van der Waals surface area contributed by atoms with E-state index in [0.717, 1.165) is 0 Å². The first-order valence-corrected chi connectivity index (χ1v) is 0. The van der Waals surface area contributed by atoms with E-state index in [1.165, 1.54) is 0 Å². The predicted molar refractivity (Wildman–Crippen MR) is 1.37 cm³/mol. The third-order valence-corrected chi connectivity index (χ3v) is 0. The summed E-state index contributed by atoms with van der Waals surface area (Å²) < 4.78 is 0. The van der Waals surface area contributed by atoms with Gasteiger partial charge in [-0.05, 0) is 0 Å². The fourth-order valence-electron chi connectivity index (χ4n) is 0. The van der Waals surface area contributed by atoms with Gasteiger partial charge in [0.15, 0.2) is 0 Å². The molecule has 0 aliphatic rings. The normalized spacial score (nSPS) is 0. The summed E-state index contributed by atoms with van der Waals surface area (Å²) in [5.74, 6) is 0. The van der Waals surface area contributed by atoms with Crippen molar-refractivity contribution in [3.8, 4) is 0 Å². The van der Waals surface area contributed by atoms with Crippen molar-refractivity contribution < 1.29 is 70.8 Å². The van der Waals surface area contributed by atoms with Crippen LogP contribution < -0.4 is 0 Å². The van der Waals surface area contributed by atoms with Gasteiger partial charge in [-0.3, -0.25) is 0 Å². The Morgan fingerprint density at radius 3 is 0.750 bits per heavy atom. The summed E-state index contributed by atoms with van der Waals surface area (Å²) in [4.78, 5) is 0. The summed E-state index contributed by atoms with van der Waals surface area (Å²) in [6.07, 6.45) is 0. The first kappa shape index (κ1) is 39.1. The molecular weight excluding hydrogens is 242 g/mol. The first-order chi connectivity index (χ1) is 0. The topological polar surface area (TPSA) is 57.0 Å². The summed E-state index contributed by atoms with van der Waals surface area (Å²) in [5.41, 5.74) is 0. The van der Waals surface area contributed by atoms with Crippen LogP contribution >= 0.6 is 0 Å². The maximum atomic E-state index is 0. The zero-order valence-electron chi connectivity index (χ0n) is 1.63. The molecule has 23 valence electrons. The molecule has 0 bridgehead atoms. The van der Waals surface area contributed by atoms with Crippen molar-refractivity contribution in [3.05, 3.63) is 0 Å². The molecule has 0 N–H and O–H groups in total. The van der Waals surface area contributed by atoms with E-state index < -0.39 is 0 Å². The summed E-state index contributed by atoms with van der Waals surface area (Å²) in [6.45, 7) is 0. The maximum Gasteiger partial charge on any atom is 4.00 e. The molecule has 0 aliphatic heterocycles. The summed E-state index contributed by atoms with van der Waals surface area (Å²) in [6, 6.07) is 0. The van der Waals surface area contributed by atoms with Gasteiger partial charge in [-0.15, -0.1) is 0 Å². The van der Waals surface area contributed by atoms with Crippen LogP contribution in [0.5, 0.6) is 0 Å². The van der Waals surface area contributed by atoms with Crippen LogP contribution in [0.1, 0.15) is 0 Å². The monoisotopic (exact) mass is 244 g/mol. The van der Waals surface area contributed by atoms with Gasteiger partial charge in [0, 0.05) is 0 Å². The molecule has 0 amide bonds. The first-order valence-electron chi connectivity index (χ1n) is 0. The molecule has 2 nitrogen and oxygen atoms in total. The molecule has 0 spiro atoms. The second kappa shape index (κ2) is 20.6. The van der Waals surface area contributed by atoms with Gasteiger partial charge in [0.05, 0.1) is 0 Å². The predicted octanol–water partition coefficient (Wildman–Crippen LogP) is -0.240. The molecule has 4 heavy (non-hydrogen) atoms. The molecule has 0 saturated heterocycles. The Labute approximate surface area is 69.9 Å². The van der Waals surface area contributed by atoms with E-state index in [2.05, 4.69) is 0 Å². The molecule has 0 unspecified atom stereocenters. The molecule has 0 aliphatic carbocycles. The Hall–Kier alpha value is 1.91. The van der Waals surface area contributed by atoms with Crippen molar-refractivity contribution in [3.63, 3.8) is 0 Å². The molecule has 1 radical (unpaired) electrons. The molecule has 0 atom stereocenters. The summed E-state index contributed by atoms with van der Waals surface area (Å²) in [5, 5.41) is 0.